The second-order valence-electron chi connectivity index (χ2n) is 6.71. The van der Waals surface area contributed by atoms with Crippen molar-refractivity contribution in [3.63, 3.8) is 0 Å². The standard InChI is InChI=1S/C16H26O3/c1-11-5-8-14(12(2)9-11)19-16(3,4)10-18-15(17)13-6-7-13/h9,11,13-14H,5-8,10H2,1-4H3. The summed E-state index contributed by atoms with van der Waals surface area (Å²) in [5.74, 6) is 0.754. The fourth-order valence-electron chi connectivity index (χ4n) is 2.53. The largest absolute Gasteiger partial charge is 0.462 e. The fraction of sp³-hybridized carbons (Fsp3) is 0.812. The Hall–Kier alpha value is -0.830. The van der Waals surface area contributed by atoms with Gasteiger partial charge in [0.15, 0.2) is 0 Å². The quantitative estimate of drug-likeness (QED) is 0.564. The van der Waals surface area contributed by atoms with Gasteiger partial charge in [-0.3, -0.25) is 4.79 Å². The topological polar surface area (TPSA) is 35.5 Å². The van der Waals surface area contributed by atoms with Crippen LogP contribution >= 0.6 is 0 Å². The Balaban J connectivity index is 1.82. The van der Waals surface area contributed by atoms with Crippen LogP contribution in [0.25, 0.3) is 0 Å². The Labute approximate surface area is 116 Å². The molecule has 0 heterocycles. The molecule has 0 aromatic rings. The Kier molecular flexibility index (Phi) is 4.34. The first kappa shape index (κ1) is 14.6. The molecule has 2 atom stereocenters. The van der Waals surface area contributed by atoms with E-state index in [-0.39, 0.29) is 18.0 Å². The molecule has 3 heteroatoms. The lowest BCUT2D eigenvalue weighted by molar-refractivity contribution is -0.158. The molecule has 19 heavy (non-hydrogen) atoms. The molecule has 0 aromatic carbocycles. The van der Waals surface area contributed by atoms with Crippen molar-refractivity contribution in [1.82, 2.24) is 0 Å². The Morgan fingerprint density at radius 2 is 2.00 bits per heavy atom. The predicted molar refractivity (Wildman–Crippen MR) is 74.8 cm³/mol. The van der Waals surface area contributed by atoms with E-state index in [2.05, 4.69) is 19.9 Å². The van der Waals surface area contributed by atoms with Crippen molar-refractivity contribution >= 4 is 5.97 Å². The van der Waals surface area contributed by atoms with E-state index in [4.69, 9.17) is 9.47 Å². The van der Waals surface area contributed by atoms with Gasteiger partial charge in [0.25, 0.3) is 0 Å². The summed E-state index contributed by atoms with van der Waals surface area (Å²) in [5, 5.41) is 0. The van der Waals surface area contributed by atoms with Gasteiger partial charge in [0.2, 0.25) is 0 Å². The number of rotatable bonds is 5. The molecule has 2 aliphatic rings. The molecular weight excluding hydrogens is 240 g/mol. The van der Waals surface area contributed by atoms with Gasteiger partial charge >= 0.3 is 5.97 Å². The lowest BCUT2D eigenvalue weighted by Gasteiger charge is -2.33. The summed E-state index contributed by atoms with van der Waals surface area (Å²) < 4.78 is 11.5. The average Bonchev–Trinajstić information content (AvgIpc) is 3.14. The summed E-state index contributed by atoms with van der Waals surface area (Å²) in [7, 11) is 0. The maximum atomic E-state index is 11.6. The van der Waals surface area contributed by atoms with Crippen molar-refractivity contribution in [2.45, 2.75) is 65.1 Å². The van der Waals surface area contributed by atoms with Gasteiger partial charge in [0, 0.05) is 0 Å². The smallest absolute Gasteiger partial charge is 0.309 e. The third-order valence-corrected chi connectivity index (χ3v) is 3.87. The van der Waals surface area contributed by atoms with Crippen molar-refractivity contribution in [2.75, 3.05) is 6.61 Å². The summed E-state index contributed by atoms with van der Waals surface area (Å²) in [6.45, 7) is 8.72. The lowest BCUT2D eigenvalue weighted by Crippen LogP contribution is -2.37. The second-order valence-corrected chi connectivity index (χ2v) is 6.71. The first-order valence-corrected chi connectivity index (χ1v) is 7.40. The third-order valence-electron chi connectivity index (χ3n) is 3.87. The second kappa shape index (κ2) is 5.66. The van der Waals surface area contributed by atoms with E-state index in [0.717, 1.165) is 19.3 Å². The van der Waals surface area contributed by atoms with Crippen LogP contribution in [0.3, 0.4) is 0 Å². The number of hydrogen-bond acceptors (Lipinski definition) is 3. The van der Waals surface area contributed by atoms with Gasteiger partial charge in [0.05, 0.1) is 17.6 Å². The van der Waals surface area contributed by atoms with Crippen LogP contribution in [0, 0.1) is 11.8 Å². The van der Waals surface area contributed by atoms with Crippen molar-refractivity contribution in [1.29, 1.82) is 0 Å². The van der Waals surface area contributed by atoms with E-state index in [1.165, 1.54) is 12.0 Å². The Morgan fingerprint density at radius 3 is 2.58 bits per heavy atom. The number of carbonyl (C=O) groups excluding carboxylic acids is 1. The monoisotopic (exact) mass is 266 g/mol. The van der Waals surface area contributed by atoms with Crippen molar-refractivity contribution in [3.8, 4) is 0 Å². The molecule has 3 nitrogen and oxygen atoms in total. The molecule has 0 saturated heterocycles. The molecule has 0 spiro atoms. The van der Waals surface area contributed by atoms with Crippen molar-refractivity contribution in [3.05, 3.63) is 11.6 Å². The number of esters is 1. The normalized spacial score (nSPS) is 27.9. The van der Waals surface area contributed by atoms with Crippen LogP contribution in [0.2, 0.25) is 0 Å². The number of hydrogen-bond donors (Lipinski definition) is 0. The van der Waals surface area contributed by atoms with E-state index >= 15 is 0 Å². The maximum Gasteiger partial charge on any atom is 0.309 e. The summed E-state index contributed by atoms with van der Waals surface area (Å²) in [4.78, 5) is 11.6. The molecule has 108 valence electrons. The minimum Gasteiger partial charge on any atom is -0.462 e. The van der Waals surface area contributed by atoms with E-state index in [1.54, 1.807) is 0 Å². The minimum atomic E-state index is -0.412. The van der Waals surface area contributed by atoms with Crippen LogP contribution in [0.4, 0.5) is 0 Å². The number of ether oxygens (including phenoxy) is 2. The zero-order valence-electron chi connectivity index (χ0n) is 12.6. The van der Waals surface area contributed by atoms with E-state index in [1.807, 2.05) is 13.8 Å². The molecule has 0 aromatic heterocycles. The van der Waals surface area contributed by atoms with E-state index in [0.29, 0.717) is 12.5 Å². The van der Waals surface area contributed by atoms with Crippen LogP contribution < -0.4 is 0 Å². The molecule has 1 saturated carbocycles. The highest BCUT2D eigenvalue weighted by atomic mass is 16.6. The van der Waals surface area contributed by atoms with Gasteiger partial charge < -0.3 is 9.47 Å². The average molecular weight is 266 g/mol. The Bertz CT molecular complexity index is 366. The van der Waals surface area contributed by atoms with Gasteiger partial charge in [-0.15, -0.1) is 0 Å². The molecule has 0 aliphatic heterocycles. The molecule has 0 amide bonds. The molecule has 2 aliphatic carbocycles. The molecule has 1 fully saturated rings. The highest BCUT2D eigenvalue weighted by Crippen LogP contribution is 2.31. The molecular formula is C16H26O3. The molecule has 0 radical (unpaired) electrons. The molecule has 2 rings (SSSR count). The maximum absolute atomic E-state index is 11.6. The SMILES string of the molecule is CC1=CC(C)CCC1OC(C)(C)COC(=O)C1CC1. The number of allylic oxidation sites excluding steroid dienone is 1. The highest BCUT2D eigenvalue weighted by Gasteiger charge is 2.34. The molecule has 0 N–H and O–H groups in total. The van der Waals surface area contributed by atoms with Crippen LogP contribution in [0.5, 0.6) is 0 Å². The zero-order valence-corrected chi connectivity index (χ0v) is 12.6. The lowest BCUT2D eigenvalue weighted by atomic mass is 9.90. The highest BCUT2D eigenvalue weighted by molar-refractivity contribution is 5.74. The van der Waals surface area contributed by atoms with E-state index in [9.17, 15) is 4.79 Å². The first-order valence-electron chi connectivity index (χ1n) is 7.40. The summed E-state index contributed by atoms with van der Waals surface area (Å²) in [6, 6.07) is 0. The third kappa shape index (κ3) is 4.34. The Morgan fingerprint density at radius 1 is 1.32 bits per heavy atom. The van der Waals surface area contributed by atoms with Crippen molar-refractivity contribution < 1.29 is 14.3 Å². The van der Waals surface area contributed by atoms with Crippen LogP contribution in [-0.2, 0) is 14.3 Å². The summed E-state index contributed by atoms with van der Waals surface area (Å²) >= 11 is 0. The zero-order chi connectivity index (χ0) is 14.0. The van der Waals surface area contributed by atoms with Gasteiger partial charge in [0.1, 0.15) is 6.61 Å². The first-order chi connectivity index (χ1) is 8.87. The van der Waals surface area contributed by atoms with Gasteiger partial charge in [-0.2, -0.15) is 0 Å². The van der Waals surface area contributed by atoms with Crippen LogP contribution in [0.1, 0.15) is 53.4 Å². The minimum absolute atomic E-state index is 0.0544. The molecule has 0 bridgehead atoms. The molecule has 2 unspecified atom stereocenters. The number of carbonyl (C=O) groups is 1. The van der Waals surface area contributed by atoms with Gasteiger partial charge in [-0.1, -0.05) is 13.0 Å². The summed E-state index contributed by atoms with van der Waals surface area (Å²) in [6.07, 6.45) is 6.67. The van der Waals surface area contributed by atoms with Gasteiger partial charge in [-0.25, -0.2) is 0 Å². The fourth-order valence-corrected chi connectivity index (χ4v) is 2.53. The van der Waals surface area contributed by atoms with E-state index < -0.39 is 5.60 Å². The summed E-state index contributed by atoms with van der Waals surface area (Å²) in [5.41, 5.74) is 0.894. The van der Waals surface area contributed by atoms with Crippen LogP contribution in [0.15, 0.2) is 11.6 Å². The van der Waals surface area contributed by atoms with Crippen LogP contribution in [-0.4, -0.2) is 24.3 Å². The predicted octanol–water partition coefficient (Wildman–Crippen LogP) is 3.48. The van der Waals surface area contributed by atoms with Gasteiger partial charge in [-0.05, 0) is 57.9 Å². The van der Waals surface area contributed by atoms with Crippen molar-refractivity contribution in [2.24, 2.45) is 11.8 Å².